The zero-order valence-electron chi connectivity index (χ0n) is 13.5. The highest BCUT2D eigenvalue weighted by atomic mass is 32.1. The molecule has 1 saturated heterocycles. The second-order valence-corrected chi connectivity index (χ2v) is 7.52. The molecule has 22 heavy (non-hydrogen) atoms. The fourth-order valence-corrected chi connectivity index (χ4v) is 3.49. The van der Waals surface area contributed by atoms with Gasteiger partial charge in [0.2, 0.25) is 0 Å². The summed E-state index contributed by atoms with van der Waals surface area (Å²) in [5.41, 5.74) is 1.01. The average molecular weight is 326 g/mol. The molecule has 0 bridgehead atoms. The van der Waals surface area contributed by atoms with Gasteiger partial charge in [0.15, 0.2) is 0 Å². The van der Waals surface area contributed by atoms with Gasteiger partial charge in [0.05, 0.1) is 19.3 Å². The number of morpholine rings is 1. The van der Waals surface area contributed by atoms with Crippen LogP contribution in [-0.2, 0) is 4.74 Å². The zero-order chi connectivity index (χ0) is 16.2. The number of nitrogens with one attached hydrogen (secondary N) is 1. The van der Waals surface area contributed by atoms with Gasteiger partial charge in [-0.25, -0.2) is 4.79 Å². The number of ether oxygens (including phenoxy) is 1. The van der Waals surface area contributed by atoms with Crippen LogP contribution in [0.4, 0.5) is 4.79 Å². The highest BCUT2D eigenvalue weighted by Gasteiger charge is 2.27. The maximum Gasteiger partial charge on any atom is 0.317 e. The Morgan fingerprint density at radius 3 is 3.05 bits per heavy atom. The van der Waals surface area contributed by atoms with Gasteiger partial charge < -0.3 is 20.1 Å². The number of thiophene rings is 1. The van der Waals surface area contributed by atoms with E-state index >= 15 is 0 Å². The molecule has 2 rings (SSSR count). The summed E-state index contributed by atoms with van der Waals surface area (Å²) in [5, 5.41) is 16.6. The summed E-state index contributed by atoms with van der Waals surface area (Å²) >= 11 is 1.64. The predicted molar refractivity (Wildman–Crippen MR) is 88.1 cm³/mol. The smallest absolute Gasteiger partial charge is 0.317 e. The maximum atomic E-state index is 12.3. The van der Waals surface area contributed by atoms with E-state index in [0.29, 0.717) is 32.7 Å². The molecule has 0 aromatic carbocycles. The van der Waals surface area contributed by atoms with Gasteiger partial charge in [-0.15, -0.1) is 0 Å². The molecule has 6 heteroatoms. The first-order valence-electron chi connectivity index (χ1n) is 7.72. The van der Waals surface area contributed by atoms with Crippen molar-refractivity contribution >= 4 is 17.4 Å². The van der Waals surface area contributed by atoms with E-state index in [1.165, 1.54) is 0 Å². The standard InChI is InChI=1S/C16H26N2O3S/c1-12(19)8-16(2,3)11-17-15(20)18-5-6-21-14(9-18)13-4-7-22-10-13/h4,7,10,12,14,19H,5-6,8-9,11H2,1-3H3,(H,17,20). The predicted octanol–water partition coefficient (Wildman–Crippen LogP) is 2.63. The minimum absolute atomic E-state index is 0.0313. The Morgan fingerprint density at radius 1 is 1.64 bits per heavy atom. The fourth-order valence-electron chi connectivity index (χ4n) is 2.79. The third-order valence-corrected chi connectivity index (χ3v) is 4.54. The lowest BCUT2D eigenvalue weighted by molar-refractivity contribution is -0.0155. The molecule has 2 atom stereocenters. The van der Waals surface area contributed by atoms with Crippen LogP contribution < -0.4 is 5.32 Å². The summed E-state index contributed by atoms with van der Waals surface area (Å²) in [5.74, 6) is 0. The lowest BCUT2D eigenvalue weighted by Crippen LogP contribution is -2.49. The molecule has 1 aromatic heterocycles. The molecule has 1 aliphatic heterocycles. The number of rotatable bonds is 5. The summed E-state index contributed by atoms with van der Waals surface area (Å²) in [6, 6.07) is 1.99. The Bertz CT molecular complexity index is 474. The molecule has 2 unspecified atom stereocenters. The number of urea groups is 1. The molecule has 0 radical (unpaired) electrons. The van der Waals surface area contributed by atoms with Crippen LogP contribution in [0, 0.1) is 5.41 Å². The first-order chi connectivity index (χ1) is 10.4. The van der Waals surface area contributed by atoms with Crippen molar-refractivity contribution in [1.29, 1.82) is 0 Å². The molecule has 0 aliphatic carbocycles. The number of nitrogens with zero attached hydrogens (tertiary/aromatic N) is 1. The molecular weight excluding hydrogens is 300 g/mol. The minimum Gasteiger partial charge on any atom is -0.393 e. The average Bonchev–Trinajstić information content (AvgIpc) is 2.98. The second-order valence-electron chi connectivity index (χ2n) is 6.74. The summed E-state index contributed by atoms with van der Waals surface area (Å²) in [6.07, 6.45) is 0.267. The van der Waals surface area contributed by atoms with E-state index in [1.54, 1.807) is 18.3 Å². The molecule has 2 amide bonds. The first kappa shape index (κ1) is 17.2. The molecule has 1 aromatic rings. The molecule has 5 nitrogen and oxygen atoms in total. The van der Waals surface area contributed by atoms with Gasteiger partial charge in [-0.3, -0.25) is 0 Å². The summed E-state index contributed by atoms with van der Waals surface area (Å²) in [6.45, 7) is 8.18. The Balaban J connectivity index is 1.84. The van der Waals surface area contributed by atoms with Crippen molar-refractivity contribution in [2.45, 2.75) is 39.4 Å². The van der Waals surface area contributed by atoms with Gasteiger partial charge in [-0.05, 0) is 41.1 Å². The number of hydrogen-bond acceptors (Lipinski definition) is 4. The summed E-state index contributed by atoms with van der Waals surface area (Å²) < 4.78 is 5.75. The van der Waals surface area contributed by atoms with E-state index in [4.69, 9.17) is 4.74 Å². The van der Waals surface area contributed by atoms with Crippen LogP contribution in [0.2, 0.25) is 0 Å². The van der Waals surface area contributed by atoms with Crippen LogP contribution in [0.1, 0.15) is 38.9 Å². The van der Waals surface area contributed by atoms with E-state index < -0.39 is 0 Å². The fraction of sp³-hybridized carbons (Fsp3) is 0.688. The quantitative estimate of drug-likeness (QED) is 0.874. The van der Waals surface area contributed by atoms with Crippen LogP contribution in [0.25, 0.3) is 0 Å². The van der Waals surface area contributed by atoms with Gasteiger partial charge in [0.1, 0.15) is 6.10 Å². The van der Waals surface area contributed by atoms with Crippen molar-refractivity contribution < 1.29 is 14.6 Å². The largest absolute Gasteiger partial charge is 0.393 e. The van der Waals surface area contributed by atoms with Gasteiger partial charge in [-0.2, -0.15) is 11.3 Å². The van der Waals surface area contributed by atoms with E-state index in [1.807, 2.05) is 30.2 Å². The number of aliphatic hydroxyl groups excluding tert-OH is 1. The third kappa shape index (κ3) is 4.97. The van der Waals surface area contributed by atoms with Crippen molar-refractivity contribution in [3.05, 3.63) is 22.4 Å². The van der Waals surface area contributed by atoms with Crippen LogP contribution >= 0.6 is 11.3 Å². The molecule has 0 spiro atoms. The van der Waals surface area contributed by atoms with Crippen LogP contribution in [-0.4, -0.2) is 48.4 Å². The molecule has 1 fully saturated rings. The minimum atomic E-state index is -0.363. The molecule has 0 saturated carbocycles. The maximum absolute atomic E-state index is 12.3. The molecule has 2 heterocycles. The topological polar surface area (TPSA) is 61.8 Å². The van der Waals surface area contributed by atoms with Crippen LogP contribution in [0.3, 0.4) is 0 Å². The van der Waals surface area contributed by atoms with Crippen molar-refractivity contribution in [3.8, 4) is 0 Å². The van der Waals surface area contributed by atoms with Crippen molar-refractivity contribution in [1.82, 2.24) is 10.2 Å². The van der Waals surface area contributed by atoms with Crippen molar-refractivity contribution in [2.24, 2.45) is 5.41 Å². The third-order valence-electron chi connectivity index (χ3n) is 3.83. The molecule has 124 valence electrons. The van der Waals surface area contributed by atoms with Crippen LogP contribution in [0.15, 0.2) is 16.8 Å². The molecule has 1 aliphatic rings. The van der Waals surface area contributed by atoms with Crippen molar-refractivity contribution in [3.63, 3.8) is 0 Å². The highest BCUT2D eigenvalue weighted by molar-refractivity contribution is 7.07. The van der Waals surface area contributed by atoms with Gasteiger partial charge >= 0.3 is 6.03 Å². The molecular formula is C16H26N2O3S. The molecule has 2 N–H and O–H groups in total. The number of aliphatic hydroxyl groups is 1. The van der Waals surface area contributed by atoms with E-state index in [-0.39, 0.29) is 23.7 Å². The summed E-state index contributed by atoms with van der Waals surface area (Å²) in [4.78, 5) is 14.2. The highest BCUT2D eigenvalue weighted by Crippen LogP contribution is 2.25. The monoisotopic (exact) mass is 326 g/mol. The lowest BCUT2D eigenvalue weighted by Gasteiger charge is -2.34. The normalized spacial score (nSPS) is 20.7. The lowest BCUT2D eigenvalue weighted by atomic mass is 9.87. The Kier molecular flexibility index (Phi) is 5.83. The van der Waals surface area contributed by atoms with Gasteiger partial charge in [-0.1, -0.05) is 13.8 Å². The van der Waals surface area contributed by atoms with E-state index in [2.05, 4.69) is 10.7 Å². The second kappa shape index (κ2) is 7.44. The van der Waals surface area contributed by atoms with Gasteiger partial charge in [0.25, 0.3) is 0 Å². The van der Waals surface area contributed by atoms with Crippen molar-refractivity contribution in [2.75, 3.05) is 26.2 Å². The Hall–Kier alpha value is -1.11. The SMILES string of the molecule is CC(O)CC(C)(C)CNC(=O)N1CCOC(c2ccsc2)C1. The van der Waals surface area contributed by atoms with E-state index in [9.17, 15) is 9.90 Å². The number of amides is 2. The summed E-state index contributed by atoms with van der Waals surface area (Å²) in [7, 11) is 0. The van der Waals surface area contributed by atoms with E-state index in [0.717, 1.165) is 5.56 Å². The zero-order valence-corrected chi connectivity index (χ0v) is 14.4. The van der Waals surface area contributed by atoms with Crippen LogP contribution in [0.5, 0.6) is 0 Å². The number of carbonyl (C=O) groups excluding carboxylic acids is 1. The Morgan fingerprint density at radius 2 is 2.41 bits per heavy atom. The van der Waals surface area contributed by atoms with Gasteiger partial charge in [0, 0.05) is 13.1 Å². The number of hydrogen-bond donors (Lipinski definition) is 2. The number of carbonyl (C=O) groups is 1. The Labute approximate surface area is 136 Å². The first-order valence-corrected chi connectivity index (χ1v) is 8.66.